The van der Waals surface area contributed by atoms with Crippen molar-refractivity contribution in [2.24, 2.45) is 0 Å². The van der Waals surface area contributed by atoms with Crippen LogP contribution in [-0.4, -0.2) is 53.0 Å². The summed E-state index contributed by atoms with van der Waals surface area (Å²) in [6, 6.07) is 10.3. The molecule has 146 valence electrons. The summed E-state index contributed by atoms with van der Waals surface area (Å²) < 4.78 is 22.2. The molecule has 0 saturated carbocycles. The molecule has 1 amide bonds. The van der Waals surface area contributed by atoms with Crippen LogP contribution in [0.2, 0.25) is 0 Å². The Bertz CT molecular complexity index is 1000. The number of anilines is 1. The van der Waals surface area contributed by atoms with Crippen LogP contribution in [0.5, 0.6) is 0 Å². The average molecular weight is 447 g/mol. The number of fused-ring (bicyclic) bond motifs is 1. The van der Waals surface area contributed by atoms with E-state index in [2.05, 4.69) is 26.2 Å². The quantitative estimate of drug-likeness (QED) is 0.650. The van der Waals surface area contributed by atoms with Crippen molar-refractivity contribution in [2.75, 3.05) is 38.2 Å². The van der Waals surface area contributed by atoms with Crippen molar-refractivity contribution in [1.82, 2.24) is 14.3 Å². The van der Waals surface area contributed by atoms with Crippen LogP contribution < -0.4 is 5.32 Å². The van der Waals surface area contributed by atoms with Crippen LogP contribution in [0.1, 0.15) is 6.42 Å². The number of carbonyl (C=O) groups excluding carboxylic acids is 1. The van der Waals surface area contributed by atoms with Gasteiger partial charge in [-0.3, -0.25) is 9.20 Å². The van der Waals surface area contributed by atoms with E-state index in [0.29, 0.717) is 56.2 Å². The first kappa shape index (κ1) is 18.9. The van der Waals surface area contributed by atoms with Gasteiger partial charge in [0.25, 0.3) is 0 Å². The molecule has 3 aromatic rings. The van der Waals surface area contributed by atoms with Gasteiger partial charge in [0, 0.05) is 43.9 Å². The van der Waals surface area contributed by atoms with Gasteiger partial charge in [-0.2, -0.15) is 0 Å². The number of nitrogens with one attached hydrogen (secondary N) is 1. The van der Waals surface area contributed by atoms with Gasteiger partial charge in [0.05, 0.1) is 23.4 Å². The van der Waals surface area contributed by atoms with E-state index in [1.807, 2.05) is 21.6 Å². The fraction of sp³-hybridized carbons (Fsp3) is 0.300. The second kappa shape index (κ2) is 8.28. The third-order valence-electron chi connectivity index (χ3n) is 4.73. The smallest absolute Gasteiger partial charge is 0.224 e. The van der Waals surface area contributed by atoms with Crippen molar-refractivity contribution in [2.45, 2.75) is 6.42 Å². The van der Waals surface area contributed by atoms with Gasteiger partial charge in [-0.15, -0.1) is 0 Å². The third kappa shape index (κ3) is 3.88. The largest absolute Gasteiger partial charge is 0.378 e. The van der Waals surface area contributed by atoms with E-state index in [-0.39, 0.29) is 11.7 Å². The number of hydrogen-bond donors (Lipinski definition) is 1. The molecular formula is C20H20BrFN4O2. The van der Waals surface area contributed by atoms with Gasteiger partial charge in [0.1, 0.15) is 11.6 Å². The monoisotopic (exact) mass is 446 g/mol. The first-order valence-electron chi connectivity index (χ1n) is 9.15. The van der Waals surface area contributed by atoms with E-state index in [4.69, 9.17) is 4.74 Å². The first-order valence-corrected chi connectivity index (χ1v) is 9.94. The third-order valence-corrected chi connectivity index (χ3v) is 5.35. The lowest BCUT2D eigenvalue weighted by molar-refractivity contribution is -0.134. The second-order valence-corrected chi connectivity index (χ2v) is 7.39. The maximum absolute atomic E-state index is 14.3. The summed E-state index contributed by atoms with van der Waals surface area (Å²) in [7, 11) is 0. The van der Waals surface area contributed by atoms with Crippen LogP contribution in [0.3, 0.4) is 0 Å². The Morgan fingerprint density at radius 3 is 2.82 bits per heavy atom. The fourth-order valence-electron chi connectivity index (χ4n) is 3.26. The molecule has 1 fully saturated rings. The molecule has 0 bridgehead atoms. The van der Waals surface area contributed by atoms with Crippen molar-refractivity contribution in [3.8, 4) is 11.3 Å². The Hall–Kier alpha value is -2.45. The van der Waals surface area contributed by atoms with Gasteiger partial charge in [0.15, 0.2) is 5.65 Å². The molecule has 28 heavy (non-hydrogen) atoms. The molecule has 1 saturated heterocycles. The van der Waals surface area contributed by atoms with Gasteiger partial charge < -0.3 is 15.0 Å². The van der Waals surface area contributed by atoms with Gasteiger partial charge in [-0.05, 0) is 34.1 Å². The number of hydrogen-bond acceptors (Lipinski definition) is 4. The van der Waals surface area contributed by atoms with Crippen LogP contribution in [0.25, 0.3) is 16.9 Å². The molecular weight excluding hydrogens is 427 g/mol. The Balaban J connectivity index is 1.56. The van der Waals surface area contributed by atoms with E-state index in [0.717, 1.165) is 10.3 Å². The van der Waals surface area contributed by atoms with Gasteiger partial charge in [-0.25, -0.2) is 9.37 Å². The second-order valence-electron chi connectivity index (χ2n) is 6.53. The lowest BCUT2D eigenvalue weighted by Crippen LogP contribution is -2.41. The highest BCUT2D eigenvalue weighted by Crippen LogP contribution is 2.28. The van der Waals surface area contributed by atoms with Crippen LogP contribution in [0.15, 0.2) is 47.1 Å². The van der Waals surface area contributed by atoms with Crippen molar-refractivity contribution in [3.05, 3.63) is 52.9 Å². The zero-order chi connectivity index (χ0) is 19.5. The topological polar surface area (TPSA) is 58.9 Å². The molecule has 6 nitrogen and oxygen atoms in total. The molecule has 0 radical (unpaired) electrons. The number of halogens is 2. The van der Waals surface area contributed by atoms with E-state index in [9.17, 15) is 9.18 Å². The summed E-state index contributed by atoms with van der Waals surface area (Å²) in [4.78, 5) is 18.8. The number of amides is 1. The molecule has 0 aliphatic carbocycles. The molecule has 0 atom stereocenters. The molecule has 2 aromatic heterocycles. The first-order chi connectivity index (χ1) is 13.6. The maximum atomic E-state index is 14.3. The average Bonchev–Trinajstić information content (AvgIpc) is 3.10. The van der Waals surface area contributed by atoms with Crippen LogP contribution in [0.4, 0.5) is 10.2 Å². The van der Waals surface area contributed by atoms with Crippen molar-refractivity contribution in [1.29, 1.82) is 0 Å². The Kier molecular flexibility index (Phi) is 5.59. The normalized spacial score (nSPS) is 14.4. The Morgan fingerprint density at radius 2 is 2.04 bits per heavy atom. The predicted molar refractivity (Wildman–Crippen MR) is 109 cm³/mol. The molecule has 0 spiro atoms. The van der Waals surface area contributed by atoms with Gasteiger partial charge in [-0.1, -0.05) is 12.1 Å². The number of morpholine rings is 1. The molecule has 0 unspecified atom stereocenters. The SMILES string of the molecule is O=C(CCNc1cc(-c2ccccc2F)nc2c(Br)ccn12)N1CCOCC1. The highest BCUT2D eigenvalue weighted by atomic mass is 79.9. The molecule has 3 heterocycles. The van der Waals surface area contributed by atoms with Crippen molar-refractivity contribution >= 4 is 33.3 Å². The zero-order valence-electron chi connectivity index (χ0n) is 15.2. The number of benzene rings is 1. The van der Waals surface area contributed by atoms with Gasteiger partial charge >= 0.3 is 0 Å². The summed E-state index contributed by atoms with van der Waals surface area (Å²) in [6.45, 7) is 2.93. The number of ether oxygens (including phenoxy) is 1. The van der Waals surface area contributed by atoms with Gasteiger partial charge in [0.2, 0.25) is 5.91 Å². The minimum atomic E-state index is -0.324. The van der Waals surface area contributed by atoms with E-state index in [1.54, 1.807) is 24.3 Å². The van der Waals surface area contributed by atoms with Crippen LogP contribution in [0, 0.1) is 5.82 Å². The minimum Gasteiger partial charge on any atom is -0.378 e. The molecule has 1 aliphatic rings. The highest BCUT2D eigenvalue weighted by molar-refractivity contribution is 9.10. The van der Waals surface area contributed by atoms with E-state index < -0.39 is 0 Å². The van der Waals surface area contributed by atoms with E-state index >= 15 is 0 Å². The van der Waals surface area contributed by atoms with Crippen molar-refractivity contribution in [3.63, 3.8) is 0 Å². The number of carbonyl (C=O) groups is 1. The number of nitrogens with zero attached hydrogens (tertiary/aromatic N) is 3. The molecule has 4 rings (SSSR count). The maximum Gasteiger partial charge on any atom is 0.224 e. The van der Waals surface area contributed by atoms with E-state index in [1.165, 1.54) is 6.07 Å². The minimum absolute atomic E-state index is 0.101. The highest BCUT2D eigenvalue weighted by Gasteiger charge is 2.17. The Labute approximate surface area is 170 Å². The molecule has 1 aliphatic heterocycles. The molecule has 8 heteroatoms. The summed E-state index contributed by atoms with van der Waals surface area (Å²) in [6.07, 6.45) is 2.25. The van der Waals surface area contributed by atoms with Crippen LogP contribution in [-0.2, 0) is 9.53 Å². The molecule has 1 aromatic carbocycles. The number of aromatic nitrogens is 2. The summed E-state index contributed by atoms with van der Waals surface area (Å²) in [5.41, 5.74) is 1.65. The summed E-state index contributed by atoms with van der Waals surface area (Å²) in [5.74, 6) is 0.531. The van der Waals surface area contributed by atoms with Crippen LogP contribution >= 0.6 is 15.9 Å². The standard InChI is InChI=1S/C20H20BrFN4O2/c21-15-6-8-26-18(23-7-5-19(27)25-9-11-28-12-10-25)13-17(24-20(15)26)14-3-1-2-4-16(14)22/h1-4,6,8,13,23H,5,7,9-12H2. The summed E-state index contributed by atoms with van der Waals surface area (Å²) >= 11 is 3.49. The predicted octanol–water partition coefficient (Wildman–Crippen LogP) is 3.56. The number of rotatable bonds is 5. The Morgan fingerprint density at radius 1 is 1.25 bits per heavy atom. The van der Waals surface area contributed by atoms with Crippen molar-refractivity contribution < 1.29 is 13.9 Å². The lowest BCUT2D eigenvalue weighted by Gasteiger charge is -2.27. The lowest BCUT2D eigenvalue weighted by atomic mass is 10.1. The fourth-order valence-corrected chi connectivity index (χ4v) is 3.66. The zero-order valence-corrected chi connectivity index (χ0v) is 16.8. The summed E-state index contributed by atoms with van der Waals surface area (Å²) in [5, 5.41) is 3.30. The molecule has 1 N–H and O–H groups in total.